The van der Waals surface area contributed by atoms with Crippen molar-refractivity contribution < 1.29 is 4.52 Å². The van der Waals surface area contributed by atoms with Crippen LogP contribution in [0.1, 0.15) is 41.6 Å². The Bertz CT molecular complexity index is 817. The lowest BCUT2D eigenvalue weighted by Gasteiger charge is -2.31. The molecule has 4 rings (SSSR count). The van der Waals surface area contributed by atoms with Crippen LogP contribution in [-0.2, 0) is 6.42 Å². The summed E-state index contributed by atoms with van der Waals surface area (Å²) in [4.78, 5) is 2.53. The summed E-state index contributed by atoms with van der Waals surface area (Å²) in [5, 5.41) is 12.8. The SMILES string of the molecule is Cc1noc(C)c1CCN1CCCC(c2nnc3ccccn23)C1. The molecule has 6 nitrogen and oxygen atoms in total. The van der Waals surface area contributed by atoms with Crippen LogP contribution in [0.15, 0.2) is 28.9 Å². The number of aromatic nitrogens is 4. The molecule has 0 N–H and O–H groups in total. The molecule has 1 aliphatic heterocycles. The van der Waals surface area contributed by atoms with Crippen molar-refractivity contribution in [2.75, 3.05) is 19.6 Å². The molecule has 1 aliphatic rings. The minimum Gasteiger partial charge on any atom is -0.361 e. The van der Waals surface area contributed by atoms with Crippen molar-refractivity contribution in [1.29, 1.82) is 0 Å². The normalized spacial score (nSPS) is 19.2. The summed E-state index contributed by atoms with van der Waals surface area (Å²) < 4.78 is 7.40. The molecular weight excluding hydrogens is 302 g/mol. The van der Waals surface area contributed by atoms with E-state index in [1.54, 1.807) is 0 Å². The summed E-state index contributed by atoms with van der Waals surface area (Å²) in [5.74, 6) is 2.48. The number of likely N-dealkylation sites (tertiary alicyclic amines) is 1. The van der Waals surface area contributed by atoms with E-state index in [2.05, 4.69) is 30.9 Å². The lowest BCUT2D eigenvalue weighted by molar-refractivity contribution is 0.205. The molecule has 0 spiro atoms. The molecule has 0 amide bonds. The Morgan fingerprint density at radius 1 is 1.25 bits per heavy atom. The smallest absolute Gasteiger partial charge is 0.160 e. The van der Waals surface area contributed by atoms with E-state index in [0.29, 0.717) is 5.92 Å². The van der Waals surface area contributed by atoms with Crippen LogP contribution in [0.4, 0.5) is 0 Å². The summed E-state index contributed by atoms with van der Waals surface area (Å²) >= 11 is 0. The Hall–Kier alpha value is -2.21. The van der Waals surface area contributed by atoms with Crippen molar-refractivity contribution in [2.45, 2.75) is 39.0 Å². The number of hydrogen-bond donors (Lipinski definition) is 0. The third kappa shape index (κ3) is 2.82. The Morgan fingerprint density at radius 2 is 2.17 bits per heavy atom. The van der Waals surface area contributed by atoms with Gasteiger partial charge in [-0.25, -0.2) is 0 Å². The first kappa shape index (κ1) is 15.3. The van der Waals surface area contributed by atoms with Gasteiger partial charge in [0.15, 0.2) is 5.65 Å². The van der Waals surface area contributed by atoms with Gasteiger partial charge in [0.2, 0.25) is 0 Å². The average Bonchev–Trinajstić information content (AvgIpc) is 3.17. The molecule has 24 heavy (non-hydrogen) atoms. The number of fused-ring (bicyclic) bond motifs is 1. The first-order valence-corrected chi connectivity index (χ1v) is 8.66. The van der Waals surface area contributed by atoms with E-state index in [0.717, 1.165) is 49.0 Å². The molecule has 0 saturated carbocycles. The predicted molar refractivity (Wildman–Crippen MR) is 91.1 cm³/mol. The van der Waals surface area contributed by atoms with Crippen LogP contribution in [-0.4, -0.2) is 44.3 Å². The third-order valence-electron chi connectivity index (χ3n) is 5.07. The maximum Gasteiger partial charge on any atom is 0.160 e. The zero-order valence-corrected chi connectivity index (χ0v) is 14.3. The van der Waals surface area contributed by atoms with Crippen molar-refractivity contribution in [1.82, 2.24) is 24.7 Å². The van der Waals surface area contributed by atoms with E-state index in [1.807, 2.05) is 32.0 Å². The van der Waals surface area contributed by atoms with Gasteiger partial charge in [-0.15, -0.1) is 10.2 Å². The second-order valence-corrected chi connectivity index (χ2v) is 6.68. The topological polar surface area (TPSA) is 59.5 Å². The minimum absolute atomic E-state index is 0.445. The van der Waals surface area contributed by atoms with Crippen LogP contribution in [0, 0.1) is 13.8 Å². The molecule has 1 saturated heterocycles. The number of nitrogens with zero attached hydrogens (tertiary/aromatic N) is 5. The molecule has 3 aromatic rings. The van der Waals surface area contributed by atoms with Gasteiger partial charge in [0.25, 0.3) is 0 Å². The minimum atomic E-state index is 0.445. The van der Waals surface area contributed by atoms with Crippen LogP contribution < -0.4 is 0 Å². The summed E-state index contributed by atoms with van der Waals surface area (Å²) in [7, 11) is 0. The number of piperidine rings is 1. The molecule has 6 heteroatoms. The highest BCUT2D eigenvalue weighted by atomic mass is 16.5. The van der Waals surface area contributed by atoms with Crippen LogP contribution >= 0.6 is 0 Å². The summed E-state index contributed by atoms with van der Waals surface area (Å²) in [6.07, 6.45) is 5.44. The Balaban J connectivity index is 1.46. The monoisotopic (exact) mass is 325 g/mol. The fourth-order valence-electron chi connectivity index (χ4n) is 3.74. The molecule has 0 radical (unpaired) electrons. The second-order valence-electron chi connectivity index (χ2n) is 6.68. The Kier molecular flexibility index (Phi) is 4.06. The van der Waals surface area contributed by atoms with Crippen LogP contribution in [0.5, 0.6) is 0 Å². The molecule has 126 valence electrons. The highest BCUT2D eigenvalue weighted by molar-refractivity contribution is 5.37. The van der Waals surface area contributed by atoms with E-state index in [1.165, 1.54) is 18.4 Å². The zero-order valence-electron chi connectivity index (χ0n) is 14.3. The quantitative estimate of drug-likeness (QED) is 0.738. The molecule has 0 aliphatic carbocycles. The molecule has 0 aromatic carbocycles. The van der Waals surface area contributed by atoms with E-state index < -0.39 is 0 Å². The summed E-state index contributed by atoms with van der Waals surface area (Å²) in [6.45, 7) is 7.25. The largest absolute Gasteiger partial charge is 0.361 e. The van der Waals surface area contributed by atoms with Gasteiger partial charge >= 0.3 is 0 Å². The number of aryl methyl sites for hydroxylation is 2. The first-order valence-electron chi connectivity index (χ1n) is 8.66. The summed E-state index contributed by atoms with van der Waals surface area (Å²) in [6, 6.07) is 6.05. The van der Waals surface area contributed by atoms with Crippen molar-refractivity contribution in [3.63, 3.8) is 0 Å². The van der Waals surface area contributed by atoms with E-state index in [4.69, 9.17) is 4.52 Å². The van der Waals surface area contributed by atoms with Gasteiger partial charge < -0.3 is 9.42 Å². The fraction of sp³-hybridized carbons (Fsp3) is 0.500. The van der Waals surface area contributed by atoms with Crippen LogP contribution in [0.25, 0.3) is 5.65 Å². The van der Waals surface area contributed by atoms with E-state index in [9.17, 15) is 0 Å². The predicted octanol–water partition coefficient (Wildman–Crippen LogP) is 2.76. The number of pyridine rings is 1. The number of hydrogen-bond acceptors (Lipinski definition) is 5. The fourth-order valence-corrected chi connectivity index (χ4v) is 3.74. The second kappa shape index (κ2) is 6.36. The molecule has 1 unspecified atom stereocenters. The van der Waals surface area contributed by atoms with Gasteiger partial charge in [-0.1, -0.05) is 11.2 Å². The Labute approximate surface area is 141 Å². The zero-order chi connectivity index (χ0) is 16.5. The molecule has 0 bridgehead atoms. The average molecular weight is 325 g/mol. The highest BCUT2D eigenvalue weighted by Crippen LogP contribution is 2.26. The van der Waals surface area contributed by atoms with Gasteiger partial charge in [0.1, 0.15) is 11.6 Å². The van der Waals surface area contributed by atoms with Crippen molar-refractivity contribution in [3.05, 3.63) is 47.2 Å². The molecule has 1 fully saturated rings. The van der Waals surface area contributed by atoms with E-state index in [-0.39, 0.29) is 0 Å². The van der Waals surface area contributed by atoms with Gasteiger partial charge in [-0.05, 0) is 51.8 Å². The van der Waals surface area contributed by atoms with Crippen molar-refractivity contribution >= 4 is 5.65 Å². The lowest BCUT2D eigenvalue weighted by Crippen LogP contribution is -2.36. The Morgan fingerprint density at radius 3 is 3.00 bits per heavy atom. The molecular formula is C18H23N5O. The highest BCUT2D eigenvalue weighted by Gasteiger charge is 2.25. The van der Waals surface area contributed by atoms with Gasteiger partial charge in [0.05, 0.1) is 5.69 Å². The molecule has 4 heterocycles. The standard InChI is InChI=1S/C18H23N5O/c1-13-16(14(2)24-21-13)8-11-22-9-5-6-15(12-22)18-20-19-17-7-3-4-10-23(17)18/h3-4,7,10,15H,5-6,8-9,11-12H2,1-2H3. The van der Waals surface area contributed by atoms with Crippen molar-refractivity contribution in [2.24, 2.45) is 0 Å². The maximum atomic E-state index is 5.27. The lowest BCUT2D eigenvalue weighted by atomic mass is 9.96. The van der Waals surface area contributed by atoms with E-state index >= 15 is 0 Å². The molecule has 3 aromatic heterocycles. The molecule has 1 atom stereocenters. The van der Waals surface area contributed by atoms with Crippen LogP contribution in [0.2, 0.25) is 0 Å². The maximum absolute atomic E-state index is 5.27. The first-order chi connectivity index (χ1) is 11.7. The number of rotatable bonds is 4. The van der Waals surface area contributed by atoms with Gasteiger partial charge in [-0.2, -0.15) is 0 Å². The van der Waals surface area contributed by atoms with Crippen LogP contribution in [0.3, 0.4) is 0 Å². The van der Waals surface area contributed by atoms with Gasteiger partial charge in [0, 0.05) is 30.8 Å². The summed E-state index contributed by atoms with van der Waals surface area (Å²) in [5.41, 5.74) is 3.20. The van der Waals surface area contributed by atoms with Gasteiger partial charge in [-0.3, -0.25) is 4.40 Å². The van der Waals surface area contributed by atoms with Crippen molar-refractivity contribution in [3.8, 4) is 0 Å². The third-order valence-corrected chi connectivity index (χ3v) is 5.07.